The molecule has 0 bridgehead atoms. The number of benzene rings is 2. The highest BCUT2D eigenvalue weighted by Gasteiger charge is 2.05. The second-order valence-corrected chi connectivity index (χ2v) is 3.95. The van der Waals surface area contributed by atoms with E-state index < -0.39 is 5.97 Å². The van der Waals surface area contributed by atoms with Gasteiger partial charge in [-0.15, -0.1) is 0 Å². The van der Waals surface area contributed by atoms with Crippen LogP contribution in [-0.4, -0.2) is 11.1 Å². The fourth-order valence-electron chi connectivity index (χ4n) is 1.61. The Hall–Kier alpha value is -3.06. The van der Waals surface area contributed by atoms with Crippen LogP contribution in [0.5, 0.6) is 11.5 Å². The maximum atomic E-state index is 10.5. The van der Waals surface area contributed by atoms with Crippen molar-refractivity contribution in [3.05, 3.63) is 65.7 Å². The van der Waals surface area contributed by atoms with Crippen LogP contribution < -0.4 is 4.74 Å². The number of hydrogen-bond acceptors (Lipinski definition) is 3. The lowest BCUT2D eigenvalue weighted by molar-refractivity contribution is -0.131. The number of para-hydroxylation sites is 1. The number of carboxylic acid groups (broad SMARTS) is 1. The van der Waals surface area contributed by atoms with Gasteiger partial charge in [0.2, 0.25) is 0 Å². The summed E-state index contributed by atoms with van der Waals surface area (Å²) in [6, 6.07) is 16.1. The number of aliphatic carboxylic acids is 1. The Kier molecular flexibility index (Phi) is 4.15. The lowest BCUT2D eigenvalue weighted by Crippen LogP contribution is -1.90. The third kappa shape index (κ3) is 3.47. The van der Waals surface area contributed by atoms with Crippen LogP contribution in [-0.2, 0) is 4.79 Å². The van der Waals surface area contributed by atoms with Crippen molar-refractivity contribution in [1.29, 1.82) is 5.26 Å². The van der Waals surface area contributed by atoms with Crippen molar-refractivity contribution in [2.45, 2.75) is 0 Å². The largest absolute Gasteiger partial charge is 0.478 e. The predicted octanol–water partition coefficient (Wildman–Crippen LogP) is 3.45. The van der Waals surface area contributed by atoms with Gasteiger partial charge in [-0.2, -0.15) is 5.26 Å². The summed E-state index contributed by atoms with van der Waals surface area (Å²) in [5, 5.41) is 17.7. The van der Waals surface area contributed by atoms with E-state index in [1.807, 2.05) is 24.3 Å². The molecule has 0 saturated carbocycles. The number of nitriles is 1. The van der Waals surface area contributed by atoms with Crippen LogP contribution in [0.2, 0.25) is 0 Å². The van der Waals surface area contributed by atoms with E-state index in [-0.39, 0.29) is 0 Å². The number of nitrogens with zero attached hydrogens (tertiary/aromatic N) is 1. The molecule has 2 aromatic carbocycles. The number of carbonyl (C=O) groups is 1. The van der Waals surface area contributed by atoms with Crippen LogP contribution in [0.1, 0.15) is 11.1 Å². The molecule has 0 atom stereocenters. The summed E-state index contributed by atoms with van der Waals surface area (Å²) < 4.78 is 5.62. The van der Waals surface area contributed by atoms with Crippen molar-refractivity contribution in [2.75, 3.05) is 0 Å². The smallest absolute Gasteiger partial charge is 0.328 e. The Bertz CT molecular complexity index is 685. The molecule has 0 saturated heterocycles. The van der Waals surface area contributed by atoms with Gasteiger partial charge in [-0.1, -0.05) is 24.3 Å². The first kappa shape index (κ1) is 13.4. The summed E-state index contributed by atoms with van der Waals surface area (Å²) in [7, 11) is 0. The second-order valence-electron chi connectivity index (χ2n) is 3.95. The zero-order valence-corrected chi connectivity index (χ0v) is 10.5. The van der Waals surface area contributed by atoms with Crippen molar-refractivity contribution in [2.24, 2.45) is 0 Å². The molecule has 0 fully saturated rings. The third-order valence-electron chi connectivity index (χ3n) is 2.51. The minimum absolute atomic E-state index is 0.349. The summed E-state index contributed by atoms with van der Waals surface area (Å²) in [5.41, 5.74) is 0.978. The molecule has 0 radical (unpaired) electrons. The monoisotopic (exact) mass is 265 g/mol. The van der Waals surface area contributed by atoms with Crippen molar-refractivity contribution >= 4 is 12.0 Å². The Morgan fingerprint density at radius 1 is 1.20 bits per heavy atom. The fourth-order valence-corrected chi connectivity index (χ4v) is 1.61. The third-order valence-corrected chi connectivity index (χ3v) is 2.51. The van der Waals surface area contributed by atoms with Gasteiger partial charge in [0.25, 0.3) is 0 Å². The topological polar surface area (TPSA) is 70.3 Å². The predicted molar refractivity (Wildman–Crippen MR) is 74.3 cm³/mol. The van der Waals surface area contributed by atoms with Gasteiger partial charge in [0.15, 0.2) is 0 Å². The van der Waals surface area contributed by atoms with E-state index in [0.717, 1.165) is 6.08 Å². The maximum absolute atomic E-state index is 10.5. The van der Waals surface area contributed by atoms with Crippen LogP contribution in [0.15, 0.2) is 54.6 Å². The van der Waals surface area contributed by atoms with Gasteiger partial charge < -0.3 is 9.84 Å². The molecule has 2 rings (SSSR count). The summed E-state index contributed by atoms with van der Waals surface area (Å²) in [6.07, 6.45) is 2.45. The Morgan fingerprint density at radius 3 is 2.60 bits per heavy atom. The zero-order chi connectivity index (χ0) is 14.4. The molecule has 0 amide bonds. The van der Waals surface area contributed by atoms with E-state index in [1.165, 1.54) is 6.08 Å². The van der Waals surface area contributed by atoms with Gasteiger partial charge in [0.1, 0.15) is 17.6 Å². The molecule has 0 aliphatic heterocycles. The average molecular weight is 265 g/mol. The molecule has 1 N–H and O–H groups in total. The van der Waals surface area contributed by atoms with Crippen molar-refractivity contribution < 1.29 is 14.6 Å². The molecule has 4 heteroatoms. The second kappa shape index (κ2) is 6.21. The van der Waals surface area contributed by atoms with E-state index in [2.05, 4.69) is 0 Å². The highest BCUT2D eigenvalue weighted by Crippen LogP contribution is 2.26. The van der Waals surface area contributed by atoms with E-state index in [1.54, 1.807) is 30.3 Å². The molecular formula is C16H11NO3. The Labute approximate surface area is 116 Å². The van der Waals surface area contributed by atoms with E-state index in [9.17, 15) is 4.79 Å². The van der Waals surface area contributed by atoms with Gasteiger partial charge in [-0.05, 0) is 35.9 Å². The van der Waals surface area contributed by atoms with Crippen molar-refractivity contribution in [1.82, 2.24) is 0 Å². The summed E-state index contributed by atoms with van der Waals surface area (Å²) in [5.74, 6) is 0.0390. The molecule has 0 aliphatic carbocycles. The van der Waals surface area contributed by atoms with Gasteiger partial charge >= 0.3 is 5.97 Å². The van der Waals surface area contributed by atoms with E-state index in [0.29, 0.717) is 22.6 Å². The van der Waals surface area contributed by atoms with Gasteiger partial charge in [-0.3, -0.25) is 0 Å². The Balaban J connectivity index is 2.27. The van der Waals surface area contributed by atoms with Crippen LogP contribution in [0.25, 0.3) is 6.08 Å². The van der Waals surface area contributed by atoms with E-state index >= 15 is 0 Å². The zero-order valence-electron chi connectivity index (χ0n) is 10.5. The van der Waals surface area contributed by atoms with Crippen molar-refractivity contribution in [3.8, 4) is 17.6 Å². The van der Waals surface area contributed by atoms with Gasteiger partial charge in [0.05, 0.1) is 5.56 Å². The summed E-state index contributed by atoms with van der Waals surface area (Å²) in [4.78, 5) is 10.5. The number of ether oxygens (including phenoxy) is 1. The average Bonchev–Trinajstić information content (AvgIpc) is 2.47. The molecule has 2 aromatic rings. The Morgan fingerprint density at radius 2 is 1.95 bits per heavy atom. The highest BCUT2D eigenvalue weighted by molar-refractivity contribution is 5.85. The first-order valence-corrected chi connectivity index (χ1v) is 5.87. The minimum atomic E-state index is -1.03. The fraction of sp³-hybridized carbons (Fsp3) is 0. The van der Waals surface area contributed by atoms with Gasteiger partial charge in [0, 0.05) is 6.08 Å². The number of hydrogen-bond donors (Lipinski definition) is 1. The summed E-state index contributed by atoms with van der Waals surface area (Å²) >= 11 is 0. The molecule has 0 unspecified atom stereocenters. The van der Waals surface area contributed by atoms with Gasteiger partial charge in [-0.25, -0.2) is 4.79 Å². The lowest BCUT2D eigenvalue weighted by atomic mass is 10.1. The van der Waals surface area contributed by atoms with Crippen LogP contribution in [0, 0.1) is 11.3 Å². The molecule has 0 aromatic heterocycles. The quantitative estimate of drug-likeness (QED) is 0.859. The molecular weight excluding hydrogens is 254 g/mol. The molecule has 98 valence electrons. The SMILES string of the molecule is N#Cc1cc(/C=C/C(=O)O)ccc1Oc1ccccc1. The standard InChI is InChI=1S/C16H11NO3/c17-11-13-10-12(7-9-16(18)19)6-8-15(13)20-14-4-2-1-3-5-14/h1-10H,(H,18,19)/b9-7+. The number of carboxylic acids is 1. The van der Waals surface area contributed by atoms with E-state index in [4.69, 9.17) is 15.1 Å². The molecule has 0 spiro atoms. The number of rotatable bonds is 4. The molecule has 4 nitrogen and oxygen atoms in total. The van der Waals surface area contributed by atoms with Crippen molar-refractivity contribution in [3.63, 3.8) is 0 Å². The highest BCUT2D eigenvalue weighted by atomic mass is 16.5. The van der Waals surface area contributed by atoms with Crippen LogP contribution in [0.4, 0.5) is 0 Å². The maximum Gasteiger partial charge on any atom is 0.328 e. The molecule has 20 heavy (non-hydrogen) atoms. The molecule has 0 aliphatic rings. The first-order chi connectivity index (χ1) is 9.69. The van der Waals surface area contributed by atoms with Crippen LogP contribution in [0.3, 0.4) is 0 Å². The summed E-state index contributed by atoms with van der Waals surface area (Å²) in [6.45, 7) is 0. The van der Waals surface area contributed by atoms with Crippen LogP contribution >= 0.6 is 0 Å². The normalized spacial score (nSPS) is 10.2. The minimum Gasteiger partial charge on any atom is -0.478 e. The lowest BCUT2D eigenvalue weighted by Gasteiger charge is -2.07. The molecule has 0 heterocycles. The first-order valence-electron chi connectivity index (χ1n) is 5.87.